The van der Waals surface area contributed by atoms with E-state index >= 15 is 0 Å². The van der Waals surface area contributed by atoms with E-state index in [1.807, 2.05) is 24.3 Å². The molecule has 0 saturated carbocycles. The Kier molecular flexibility index (Phi) is 19.6. The van der Waals surface area contributed by atoms with Crippen LogP contribution < -0.4 is 28.7 Å². The fraction of sp³-hybridized carbons (Fsp3) is 0.450. The SMILES string of the molecule is Cl.Cl.Cl.Cl.O.OCC(O)Cn1cnc2cnc(N3CCN(Cc4ccc5c(c4)OCO5)CC3)nc21.OCC(O)Cn1cnc2cnc(N3CCN(Cc4ccc5c(c4)OCO5)CC3)nc21. The summed E-state index contributed by atoms with van der Waals surface area (Å²) >= 11 is 0. The second-order valence-corrected chi connectivity index (χ2v) is 15.1. The van der Waals surface area contributed by atoms with Crippen LogP contribution in [0, 0.1) is 0 Å². The van der Waals surface area contributed by atoms with Gasteiger partial charge in [0.15, 0.2) is 34.3 Å². The molecule has 356 valence electrons. The molecule has 2 aromatic carbocycles. The Labute approximate surface area is 398 Å². The van der Waals surface area contributed by atoms with Gasteiger partial charge in [-0.2, -0.15) is 9.97 Å². The molecule has 25 heteroatoms. The standard InChI is InChI=1S/2C20H24N6O4.4ClH.H2O/c2*27-11-15(28)10-26-12-22-16-8-21-20(23-19(16)26)25-5-3-24(4-6-25)9-14-1-2-17-18(7-14)30-13-29-17;;;;;/h2*1-2,7-8,12,15,27-28H,3-6,9-11,13H2;4*1H;1H2. The van der Waals surface area contributed by atoms with Crippen LogP contribution in [0.25, 0.3) is 22.3 Å². The summed E-state index contributed by atoms with van der Waals surface area (Å²) in [4.78, 5) is 35.9. The molecular formula is C40H54Cl4N12O9. The number of aliphatic hydroxyl groups excluding tert-OH is 4. The first-order valence-corrected chi connectivity index (χ1v) is 20.0. The van der Waals surface area contributed by atoms with Gasteiger partial charge >= 0.3 is 0 Å². The topological polar surface area (TPSA) is 249 Å². The third-order valence-electron chi connectivity index (χ3n) is 10.9. The average Bonchev–Trinajstić information content (AvgIpc) is 4.11. The summed E-state index contributed by atoms with van der Waals surface area (Å²) in [5.74, 6) is 4.56. The van der Waals surface area contributed by atoms with Crippen LogP contribution in [-0.4, -0.2) is 166 Å². The van der Waals surface area contributed by atoms with Crippen molar-refractivity contribution in [3.05, 3.63) is 72.6 Å². The molecule has 8 heterocycles. The van der Waals surface area contributed by atoms with Gasteiger partial charge in [0.2, 0.25) is 25.5 Å². The van der Waals surface area contributed by atoms with Gasteiger partial charge in [-0.3, -0.25) is 9.80 Å². The smallest absolute Gasteiger partial charge is 0.231 e. The van der Waals surface area contributed by atoms with Crippen LogP contribution in [0.5, 0.6) is 23.0 Å². The molecular weight excluding hydrogens is 934 g/mol. The van der Waals surface area contributed by atoms with Gasteiger partial charge in [-0.15, -0.1) is 49.6 Å². The Balaban J connectivity index is 0.000000264. The van der Waals surface area contributed by atoms with Crippen molar-refractivity contribution in [3.8, 4) is 23.0 Å². The minimum atomic E-state index is -0.847. The van der Waals surface area contributed by atoms with Crippen LogP contribution in [0.1, 0.15) is 11.1 Å². The fourth-order valence-corrected chi connectivity index (χ4v) is 7.64. The maximum Gasteiger partial charge on any atom is 0.231 e. The number of piperazine rings is 2. The lowest BCUT2D eigenvalue weighted by Crippen LogP contribution is -2.46. The molecule has 65 heavy (non-hydrogen) atoms. The Morgan fingerprint density at radius 3 is 1.29 bits per heavy atom. The number of nitrogens with zero attached hydrogens (tertiary/aromatic N) is 12. The van der Waals surface area contributed by atoms with Crippen molar-refractivity contribution < 1.29 is 44.8 Å². The lowest BCUT2D eigenvalue weighted by molar-refractivity contribution is 0.0819. The highest BCUT2D eigenvalue weighted by Gasteiger charge is 2.24. The van der Waals surface area contributed by atoms with E-state index in [-0.39, 0.29) is 81.4 Å². The summed E-state index contributed by atoms with van der Waals surface area (Å²) in [5.41, 5.74) is 5.08. The van der Waals surface area contributed by atoms with E-state index in [1.54, 1.807) is 34.2 Å². The number of fused-ring (bicyclic) bond motifs is 4. The molecule has 6 N–H and O–H groups in total. The Bertz CT molecular complexity index is 2260. The largest absolute Gasteiger partial charge is 0.454 e. The van der Waals surface area contributed by atoms with Crippen LogP contribution in [0.3, 0.4) is 0 Å². The predicted molar refractivity (Wildman–Crippen MR) is 250 cm³/mol. The summed E-state index contributed by atoms with van der Waals surface area (Å²) in [7, 11) is 0. The van der Waals surface area contributed by atoms with Crippen molar-refractivity contribution in [2.24, 2.45) is 0 Å². The van der Waals surface area contributed by atoms with E-state index in [9.17, 15) is 10.2 Å². The lowest BCUT2D eigenvalue weighted by Gasteiger charge is -2.34. The first kappa shape index (κ1) is 52.8. The number of benzene rings is 2. The molecule has 0 spiro atoms. The number of aliphatic hydroxyl groups is 4. The molecule has 0 radical (unpaired) electrons. The van der Waals surface area contributed by atoms with Crippen molar-refractivity contribution in [3.63, 3.8) is 0 Å². The summed E-state index contributed by atoms with van der Waals surface area (Å²) in [6.07, 6.45) is 4.95. The second kappa shape index (κ2) is 24.1. The highest BCUT2D eigenvalue weighted by Crippen LogP contribution is 2.34. The Hall–Kier alpha value is -4.78. The van der Waals surface area contributed by atoms with Crippen molar-refractivity contribution in [2.45, 2.75) is 38.4 Å². The predicted octanol–water partition coefficient (Wildman–Crippen LogP) is 1.32. The average molecular weight is 989 g/mol. The second-order valence-electron chi connectivity index (χ2n) is 15.1. The Morgan fingerprint density at radius 1 is 0.523 bits per heavy atom. The molecule has 2 fully saturated rings. The first-order chi connectivity index (χ1) is 29.4. The summed E-state index contributed by atoms with van der Waals surface area (Å²) in [5, 5.41) is 37.7. The van der Waals surface area contributed by atoms with E-state index in [0.717, 1.165) is 88.4 Å². The van der Waals surface area contributed by atoms with E-state index in [4.69, 9.17) is 29.2 Å². The number of ether oxygens (including phenoxy) is 4. The molecule has 6 aromatic rings. The van der Waals surface area contributed by atoms with Crippen LogP contribution in [0.4, 0.5) is 11.9 Å². The van der Waals surface area contributed by atoms with Crippen molar-refractivity contribution in [1.82, 2.24) is 48.8 Å². The fourth-order valence-electron chi connectivity index (χ4n) is 7.64. The molecule has 4 aromatic heterocycles. The number of halogens is 4. The highest BCUT2D eigenvalue weighted by molar-refractivity contribution is 5.86. The van der Waals surface area contributed by atoms with Crippen LogP contribution in [0.2, 0.25) is 0 Å². The minimum absolute atomic E-state index is 0. The van der Waals surface area contributed by atoms with Gasteiger partial charge in [-0.25, -0.2) is 19.9 Å². The number of rotatable bonds is 12. The van der Waals surface area contributed by atoms with E-state index in [0.29, 0.717) is 47.8 Å². The van der Waals surface area contributed by atoms with Gasteiger partial charge < -0.3 is 63.8 Å². The number of aromatic nitrogens is 8. The van der Waals surface area contributed by atoms with Crippen LogP contribution >= 0.6 is 49.6 Å². The van der Waals surface area contributed by atoms with Gasteiger partial charge in [0.25, 0.3) is 0 Å². The van der Waals surface area contributed by atoms with Gasteiger partial charge in [-0.05, 0) is 35.4 Å². The monoisotopic (exact) mass is 986 g/mol. The van der Waals surface area contributed by atoms with Crippen LogP contribution in [0.15, 0.2) is 61.4 Å². The zero-order valence-corrected chi connectivity index (χ0v) is 38.4. The maximum atomic E-state index is 9.74. The van der Waals surface area contributed by atoms with Gasteiger partial charge in [0.05, 0.1) is 63.6 Å². The molecule has 21 nitrogen and oxygen atoms in total. The third-order valence-corrected chi connectivity index (χ3v) is 10.9. The third kappa shape index (κ3) is 12.4. The van der Waals surface area contributed by atoms with Crippen molar-refractivity contribution >= 4 is 83.9 Å². The zero-order valence-electron chi connectivity index (χ0n) is 35.2. The van der Waals surface area contributed by atoms with Gasteiger partial charge in [0, 0.05) is 65.4 Å². The summed E-state index contributed by atoms with van der Waals surface area (Å²) in [6, 6.07) is 12.2. The van der Waals surface area contributed by atoms with Gasteiger partial charge in [0.1, 0.15) is 11.0 Å². The van der Waals surface area contributed by atoms with E-state index in [2.05, 4.69) is 61.6 Å². The molecule has 2 unspecified atom stereocenters. The summed E-state index contributed by atoms with van der Waals surface area (Å²) < 4.78 is 25.2. The summed E-state index contributed by atoms with van der Waals surface area (Å²) in [6.45, 7) is 9.07. The molecule has 0 bridgehead atoms. The van der Waals surface area contributed by atoms with E-state index in [1.165, 1.54) is 11.1 Å². The molecule has 4 aliphatic heterocycles. The number of hydrogen-bond donors (Lipinski definition) is 4. The molecule has 10 rings (SSSR count). The Morgan fingerprint density at radius 2 is 0.908 bits per heavy atom. The quantitative estimate of drug-likeness (QED) is 0.135. The first-order valence-electron chi connectivity index (χ1n) is 20.0. The molecule has 0 amide bonds. The lowest BCUT2D eigenvalue weighted by atomic mass is 10.1. The van der Waals surface area contributed by atoms with E-state index < -0.39 is 12.2 Å². The van der Waals surface area contributed by atoms with Crippen molar-refractivity contribution in [1.29, 1.82) is 0 Å². The minimum Gasteiger partial charge on any atom is -0.454 e. The molecule has 2 atom stereocenters. The highest BCUT2D eigenvalue weighted by atomic mass is 35.5. The number of imidazole rings is 2. The van der Waals surface area contributed by atoms with Gasteiger partial charge in [-0.1, -0.05) is 12.1 Å². The normalized spacial score (nSPS) is 16.2. The van der Waals surface area contributed by atoms with Crippen molar-refractivity contribution in [2.75, 3.05) is 89.0 Å². The number of anilines is 2. The van der Waals surface area contributed by atoms with Crippen LogP contribution in [-0.2, 0) is 26.2 Å². The molecule has 0 aliphatic carbocycles. The molecule has 2 saturated heterocycles. The zero-order chi connectivity index (χ0) is 41.0. The number of hydrogen-bond acceptors (Lipinski definition) is 18. The molecule has 4 aliphatic rings. The maximum absolute atomic E-state index is 9.74.